The molecule has 42 heavy (non-hydrogen) atoms. The zero-order valence-corrected chi connectivity index (χ0v) is 26.3. The van der Waals surface area contributed by atoms with E-state index in [1.165, 1.54) is 32.9 Å². The van der Waals surface area contributed by atoms with Gasteiger partial charge in [-0.25, -0.2) is 14.8 Å². The lowest BCUT2D eigenvalue weighted by atomic mass is 9.46. The van der Waals surface area contributed by atoms with Crippen molar-refractivity contribution in [2.45, 2.75) is 56.4 Å². The van der Waals surface area contributed by atoms with Crippen LogP contribution < -0.4 is 32.2 Å². The molecule has 0 bridgehead atoms. The number of alkyl halides is 3. The van der Waals surface area contributed by atoms with Crippen molar-refractivity contribution in [3.63, 3.8) is 0 Å². The number of halogens is 3. The molecule has 1 amide bonds. The number of amides is 1. The maximum Gasteiger partial charge on any atom is 0.419 e. The summed E-state index contributed by atoms with van der Waals surface area (Å²) in [4.78, 5) is 27.2. The van der Waals surface area contributed by atoms with Crippen LogP contribution in [-0.4, -0.2) is 125 Å². The van der Waals surface area contributed by atoms with Gasteiger partial charge < -0.3 is 14.5 Å². The molecule has 2 aromatic rings. The van der Waals surface area contributed by atoms with E-state index >= 15 is 0 Å². The van der Waals surface area contributed by atoms with Gasteiger partial charge in [0.15, 0.2) is 0 Å². The van der Waals surface area contributed by atoms with Crippen molar-refractivity contribution in [1.82, 2.24) is 19.8 Å². The highest BCUT2D eigenvalue weighted by Gasteiger charge is 2.57. The molecule has 0 N–H and O–H groups in total. The predicted molar refractivity (Wildman–Crippen MR) is 180 cm³/mol. The molecule has 0 radical (unpaired) electrons. The maximum atomic E-state index is 13.2. The quantitative estimate of drug-likeness (QED) is 0.340. The molecule has 3 aliphatic rings. The molecule has 216 valence electrons. The van der Waals surface area contributed by atoms with Gasteiger partial charge >= 0.3 is 12.3 Å². The summed E-state index contributed by atoms with van der Waals surface area (Å²) < 4.78 is 44.7. The molecule has 1 aromatic heterocycles. The standard InChI is InChI=1S/C25H37B7F3N5O2/c1-11-7-38(21-36-5-13(6-37-21)25(33,34)35)8-12(2)40(11)22(41)42-14-3-23(4-14)9-39(10-23)24(31,32)15-16(26)18(28)20(30)19(29)17(15)27/h5-6,11-12,14H,3-4,7-10,26-32H2,1-2H3/t11-,12+. The van der Waals surface area contributed by atoms with E-state index in [-0.39, 0.29) is 41.0 Å². The van der Waals surface area contributed by atoms with Gasteiger partial charge in [-0.3, -0.25) is 4.90 Å². The zero-order chi connectivity index (χ0) is 30.9. The molecule has 3 fully saturated rings. The first-order valence-electron chi connectivity index (χ1n) is 14.9. The Morgan fingerprint density at radius 3 is 1.86 bits per heavy atom. The molecule has 1 spiro atoms. The van der Waals surface area contributed by atoms with Crippen LogP contribution in [0.5, 0.6) is 0 Å². The number of benzene rings is 1. The molecule has 7 nitrogen and oxygen atoms in total. The molecular weight excluding hydrogens is 535 g/mol. The van der Waals surface area contributed by atoms with Gasteiger partial charge in [-0.2, -0.15) is 13.2 Å². The molecule has 1 aromatic carbocycles. The highest BCUT2D eigenvalue weighted by atomic mass is 19.4. The summed E-state index contributed by atoms with van der Waals surface area (Å²) in [7, 11) is 15.8. The normalized spacial score (nSPS) is 23.0. The minimum absolute atomic E-state index is 0.0777. The Morgan fingerprint density at radius 2 is 1.38 bits per heavy atom. The minimum Gasteiger partial charge on any atom is -0.446 e. The van der Waals surface area contributed by atoms with Gasteiger partial charge in [0.2, 0.25) is 5.95 Å². The van der Waals surface area contributed by atoms with E-state index in [1.54, 1.807) is 4.90 Å². The van der Waals surface area contributed by atoms with Crippen LogP contribution >= 0.6 is 0 Å². The Hall–Kier alpha value is -2.43. The maximum absolute atomic E-state index is 13.2. The Morgan fingerprint density at radius 1 is 0.905 bits per heavy atom. The fourth-order valence-corrected chi connectivity index (χ4v) is 7.66. The molecule has 5 rings (SSSR count). The van der Waals surface area contributed by atoms with Crippen LogP contribution in [0.2, 0.25) is 0 Å². The monoisotopic (exact) mass is 573 g/mol. The van der Waals surface area contributed by atoms with Crippen LogP contribution in [0.15, 0.2) is 12.4 Å². The minimum atomic E-state index is -4.48. The molecular formula is C25H37B7F3N5O2. The van der Waals surface area contributed by atoms with Gasteiger partial charge in [0.25, 0.3) is 0 Å². The number of carbonyl (C=O) groups is 1. The lowest BCUT2D eigenvalue weighted by Gasteiger charge is -2.63. The van der Waals surface area contributed by atoms with E-state index in [4.69, 9.17) is 4.74 Å². The van der Waals surface area contributed by atoms with Crippen molar-refractivity contribution in [3.8, 4) is 0 Å². The largest absolute Gasteiger partial charge is 0.446 e. The van der Waals surface area contributed by atoms with Gasteiger partial charge in [-0.05, 0) is 32.0 Å². The first kappa shape index (κ1) is 31.0. The summed E-state index contributed by atoms with van der Waals surface area (Å²) in [5.74, 6) is 0.231. The smallest absolute Gasteiger partial charge is 0.419 e. The van der Waals surface area contributed by atoms with Crippen molar-refractivity contribution in [2.75, 3.05) is 31.1 Å². The first-order valence-corrected chi connectivity index (χ1v) is 14.9. The van der Waals surface area contributed by atoms with E-state index in [9.17, 15) is 18.0 Å². The fourth-order valence-electron chi connectivity index (χ4n) is 7.66. The number of hydrogen-bond donors (Lipinski definition) is 0. The highest BCUT2D eigenvalue weighted by Crippen LogP contribution is 2.52. The molecule has 1 saturated carbocycles. The number of nitrogens with zero attached hydrogens (tertiary/aromatic N) is 5. The molecule has 3 heterocycles. The van der Waals surface area contributed by atoms with Gasteiger partial charge in [-0.15, -0.1) is 16.4 Å². The summed E-state index contributed by atoms with van der Waals surface area (Å²) in [6.07, 6.45) is -1.54. The van der Waals surface area contributed by atoms with Crippen molar-refractivity contribution in [1.29, 1.82) is 0 Å². The third-order valence-electron chi connectivity index (χ3n) is 10.4. The first-order chi connectivity index (χ1) is 19.4. The Kier molecular flexibility index (Phi) is 7.85. The third kappa shape index (κ3) is 5.28. The van der Waals surface area contributed by atoms with Gasteiger partial charge in [-0.1, -0.05) is 16.5 Å². The number of likely N-dealkylation sites (tertiary alicyclic amines) is 1. The number of rotatable bonds is 4. The molecule has 2 atom stereocenters. The molecule has 1 aliphatic carbocycles. The molecule has 2 saturated heterocycles. The van der Waals surface area contributed by atoms with Crippen molar-refractivity contribution in [3.05, 3.63) is 23.5 Å². The molecule has 2 aliphatic heterocycles. The van der Waals surface area contributed by atoms with Crippen molar-refractivity contribution >= 4 is 94.3 Å². The van der Waals surface area contributed by atoms with E-state index < -0.39 is 11.7 Å². The Labute approximate surface area is 252 Å². The zero-order valence-electron chi connectivity index (χ0n) is 26.3. The summed E-state index contributed by atoms with van der Waals surface area (Å²) in [5.41, 5.74) is 7.66. The average Bonchev–Trinajstić information content (AvgIpc) is 2.85. The summed E-state index contributed by atoms with van der Waals surface area (Å²) in [5, 5.41) is -0.0777. The summed E-state index contributed by atoms with van der Waals surface area (Å²) >= 11 is 0. The van der Waals surface area contributed by atoms with Gasteiger partial charge in [0.1, 0.15) is 61.0 Å². The van der Waals surface area contributed by atoms with Crippen LogP contribution in [-0.2, 0) is 16.3 Å². The lowest BCUT2D eigenvalue weighted by molar-refractivity contribution is -0.144. The van der Waals surface area contributed by atoms with Crippen molar-refractivity contribution < 1.29 is 22.7 Å². The fraction of sp³-hybridized carbons (Fsp3) is 0.560. The Bertz CT molecular complexity index is 1340. The second kappa shape index (κ2) is 10.6. The second-order valence-electron chi connectivity index (χ2n) is 13.6. The number of anilines is 1. The summed E-state index contributed by atoms with van der Waals surface area (Å²) in [6, 6.07) is -0.400. The van der Waals surface area contributed by atoms with Gasteiger partial charge in [0.05, 0.1) is 17.6 Å². The number of aromatic nitrogens is 2. The van der Waals surface area contributed by atoms with Crippen LogP contribution in [0, 0.1) is 5.41 Å². The van der Waals surface area contributed by atoms with Crippen LogP contribution in [0.1, 0.15) is 37.8 Å². The molecule has 0 unspecified atom stereocenters. The predicted octanol–water partition coefficient (Wildman–Crippen LogP) is -6.64. The SMILES string of the molecule is Bc1c(B)c(B)c(C(B)(B)N2CC3(CC(OC(=O)N4[C@H](C)CN(c5ncc(C(F)(F)F)cn5)C[C@@H]4C)C3)C2)c(B)c1B. The van der Waals surface area contributed by atoms with Crippen molar-refractivity contribution in [2.24, 2.45) is 5.41 Å². The average molecular weight is 572 g/mol. The Balaban J connectivity index is 1.15. The molecule has 17 heteroatoms. The van der Waals surface area contributed by atoms with E-state index in [1.807, 2.05) is 18.7 Å². The van der Waals surface area contributed by atoms with E-state index in [0.29, 0.717) is 13.1 Å². The number of hydrogen-bond acceptors (Lipinski definition) is 6. The van der Waals surface area contributed by atoms with Crippen LogP contribution in [0.4, 0.5) is 23.9 Å². The third-order valence-corrected chi connectivity index (χ3v) is 10.4. The second-order valence-corrected chi connectivity index (χ2v) is 13.6. The lowest BCUT2D eigenvalue weighted by Crippen LogP contribution is -2.72. The van der Waals surface area contributed by atoms with E-state index in [2.05, 4.69) is 69.8 Å². The van der Waals surface area contributed by atoms with Crippen LogP contribution in [0.25, 0.3) is 0 Å². The topological polar surface area (TPSA) is 61.8 Å². The number of carbonyl (C=O) groups excluding carboxylic acids is 1. The number of piperazine rings is 1. The van der Waals surface area contributed by atoms with E-state index in [0.717, 1.165) is 38.3 Å². The highest BCUT2D eigenvalue weighted by molar-refractivity contribution is 6.68. The number of ether oxygens (including phenoxy) is 1. The van der Waals surface area contributed by atoms with Gasteiger partial charge in [0, 0.05) is 44.0 Å². The summed E-state index contributed by atoms with van der Waals surface area (Å²) in [6.45, 7) is 6.66. The van der Waals surface area contributed by atoms with Crippen LogP contribution in [0.3, 0.4) is 0 Å².